The number of nitriles is 1. The zero-order valence-corrected chi connectivity index (χ0v) is 12.1. The van der Waals surface area contributed by atoms with Gasteiger partial charge in [0.2, 0.25) is 0 Å². The van der Waals surface area contributed by atoms with Crippen molar-refractivity contribution in [2.24, 2.45) is 0 Å². The summed E-state index contributed by atoms with van der Waals surface area (Å²) in [6, 6.07) is 16.0. The molecule has 0 heterocycles. The van der Waals surface area contributed by atoms with Gasteiger partial charge >= 0.3 is 0 Å². The van der Waals surface area contributed by atoms with Crippen LogP contribution in [0.5, 0.6) is 0 Å². The summed E-state index contributed by atoms with van der Waals surface area (Å²) in [6.45, 7) is 0. The topological polar surface area (TPSA) is 40.9 Å². The van der Waals surface area contributed by atoms with E-state index in [-0.39, 0.29) is 5.78 Å². The lowest BCUT2D eigenvalue weighted by molar-refractivity contribution is 0.0979. The first-order chi connectivity index (χ1) is 9.13. The van der Waals surface area contributed by atoms with Crippen molar-refractivity contribution in [2.75, 3.05) is 0 Å². The van der Waals surface area contributed by atoms with E-state index < -0.39 is 5.92 Å². The van der Waals surface area contributed by atoms with Crippen LogP contribution in [0.25, 0.3) is 0 Å². The summed E-state index contributed by atoms with van der Waals surface area (Å²) in [5.41, 5.74) is 1.03. The molecule has 0 aliphatic rings. The Morgan fingerprint density at radius 2 is 1.95 bits per heavy atom. The van der Waals surface area contributed by atoms with Crippen LogP contribution >= 0.6 is 27.5 Å². The van der Waals surface area contributed by atoms with E-state index in [9.17, 15) is 10.1 Å². The zero-order valence-electron chi connectivity index (χ0n) is 9.81. The maximum atomic E-state index is 12.4. The van der Waals surface area contributed by atoms with Gasteiger partial charge in [0.05, 0.1) is 11.1 Å². The second-order valence-electron chi connectivity index (χ2n) is 3.96. The van der Waals surface area contributed by atoms with Crippen LogP contribution < -0.4 is 0 Å². The SMILES string of the molecule is N#CC(C(=O)c1ccccc1Cl)c1cccc(Br)c1. The Hall–Kier alpha value is -1.63. The van der Waals surface area contributed by atoms with Gasteiger partial charge in [0.1, 0.15) is 5.92 Å². The van der Waals surface area contributed by atoms with Gasteiger partial charge in [-0.15, -0.1) is 0 Å². The molecule has 0 fully saturated rings. The molecule has 0 spiro atoms. The molecule has 1 atom stereocenters. The first kappa shape index (κ1) is 13.8. The molecule has 1 unspecified atom stereocenters. The van der Waals surface area contributed by atoms with Crippen molar-refractivity contribution in [3.05, 3.63) is 69.2 Å². The normalized spacial score (nSPS) is 11.6. The number of carbonyl (C=O) groups excluding carboxylic acids is 1. The Morgan fingerprint density at radius 3 is 2.58 bits per heavy atom. The molecule has 0 radical (unpaired) electrons. The predicted molar refractivity (Wildman–Crippen MR) is 78.3 cm³/mol. The number of nitrogens with zero attached hydrogens (tertiary/aromatic N) is 1. The van der Waals surface area contributed by atoms with Crippen LogP contribution in [0.1, 0.15) is 21.8 Å². The van der Waals surface area contributed by atoms with Gasteiger partial charge in [-0.1, -0.05) is 51.8 Å². The van der Waals surface area contributed by atoms with Gasteiger partial charge in [-0.05, 0) is 29.8 Å². The minimum Gasteiger partial charge on any atom is -0.292 e. The van der Waals surface area contributed by atoms with Gasteiger partial charge in [-0.3, -0.25) is 4.79 Å². The second-order valence-corrected chi connectivity index (χ2v) is 5.28. The molecule has 0 N–H and O–H groups in total. The van der Waals surface area contributed by atoms with E-state index in [2.05, 4.69) is 15.9 Å². The minimum absolute atomic E-state index is 0.286. The molecule has 0 aliphatic heterocycles. The van der Waals surface area contributed by atoms with Gasteiger partial charge < -0.3 is 0 Å². The monoisotopic (exact) mass is 333 g/mol. The summed E-state index contributed by atoms with van der Waals surface area (Å²) in [5.74, 6) is -1.14. The Labute approximate surface area is 124 Å². The Balaban J connectivity index is 2.42. The highest BCUT2D eigenvalue weighted by Crippen LogP contribution is 2.26. The lowest BCUT2D eigenvalue weighted by Crippen LogP contribution is -2.11. The zero-order chi connectivity index (χ0) is 13.8. The van der Waals surface area contributed by atoms with Crippen molar-refractivity contribution in [2.45, 2.75) is 5.92 Å². The molecular weight excluding hydrogens is 326 g/mol. The van der Waals surface area contributed by atoms with Crippen LogP contribution in [-0.4, -0.2) is 5.78 Å². The van der Waals surface area contributed by atoms with Crippen LogP contribution in [-0.2, 0) is 0 Å². The third-order valence-electron chi connectivity index (χ3n) is 2.71. The first-order valence-electron chi connectivity index (χ1n) is 5.57. The standard InChI is InChI=1S/C15H9BrClNO/c16-11-5-3-4-10(8-11)13(9-18)15(19)12-6-1-2-7-14(12)17/h1-8,13H. The number of halogens is 2. The average Bonchev–Trinajstić information content (AvgIpc) is 2.40. The van der Waals surface area contributed by atoms with Gasteiger partial charge in [0.25, 0.3) is 0 Å². The first-order valence-corrected chi connectivity index (χ1v) is 6.74. The summed E-state index contributed by atoms with van der Waals surface area (Å²) < 4.78 is 0.831. The molecule has 0 saturated heterocycles. The molecule has 2 nitrogen and oxygen atoms in total. The number of hydrogen-bond donors (Lipinski definition) is 0. The van der Waals surface area contributed by atoms with Crippen LogP contribution in [0.4, 0.5) is 0 Å². The van der Waals surface area contributed by atoms with Crippen LogP contribution in [0.3, 0.4) is 0 Å². The average molecular weight is 335 g/mol. The van der Waals surface area contributed by atoms with Crippen LogP contribution in [0, 0.1) is 11.3 Å². The minimum atomic E-state index is -0.850. The summed E-state index contributed by atoms with van der Waals surface area (Å²) >= 11 is 9.33. The number of Topliss-reactive ketones (excluding diaryl/α,β-unsaturated/α-hetero) is 1. The van der Waals surface area contributed by atoms with E-state index in [1.807, 2.05) is 12.1 Å². The molecule has 2 aromatic rings. The third kappa shape index (κ3) is 3.04. The van der Waals surface area contributed by atoms with E-state index in [1.54, 1.807) is 42.5 Å². The predicted octanol–water partition coefficient (Wildman–Crippen LogP) is 4.59. The molecule has 4 heteroatoms. The number of rotatable bonds is 3. The number of hydrogen-bond acceptors (Lipinski definition) is 2. The van der Waals surface area contributed by atoms with Crippen molar-refractivity contribution in [3.63, 3.8) is 0 Å². The quantitative estimate of drug-likeness (QED) is 0.770. The van der Waals surface area contributed by atoms with Gasteiger partial charge in [0.15, 0.2) is 5.78 Å². The molecule has 94 valence electrons. The van der Waals surface area contributed by atoms with Gasteiger partial charge in [-0.2, -0.15) is 5.26 Å². The Bertz CT molecular complexity index is 663. The summed E-state index contributed by atoms with van der Waals surface area (Å²) in [7, 11) is 0. The van der Waals surface area contributed by atoms with E-state index in [0.717, 1.165) is 4.47 Å². The molecule has 0 aromatic heterocycles. The maximum Gasteiger partial charge on any atom is 0.185 e. The van der Waals surface area contributed by atoms with Crippen molar-refractivity contribution < 1.29 is 4.79 Å². The fraction of sp³-hybridized carbons (Fsp3) is 0.0667. The van der Waals surface area contributed by atoms with E-state index in [4.69, 9.17) is 11.6 Å². The summed E-state index contributed by atoms with van der Waals surface area (Å²) in [6.07, 6.45) is 0. The highest BCUT2D eigenvalue weighted by molar-refractivity contribution is 9.10. The smallest absolute Gasteiger partial charge is 0.185 e. The van der Waals surface area contributed by atoms with Crippen molar-refractivity contribution in [1.82, 2.24) is 0 Å². The molecule has 0 amide bonds. The van der Waals surface area contributed by atoms with E-state index in [0.29, 0.717) is 16.1 Å². The fourth-order valence-electron chi connectivity index (χ4n) is 1.79. The van der Waals surface area contributed by atoms with Gasteiger partial charge in [-0.25, -0.2) is 0 Å². The summed E-state index contributed by atoms with van der Waals surface area (Å²) in [4.78, 5) is 12.4. The molecule has 2 aromatic carbocycles. The largest absolute Gasteiger partial charge is 0.292 e. The number of carbonyl (C=O) groups is 1. The highest BCUT2D eigenvalue weighted by atomic mass is 79.9. The van der Waals surface area contributed by atoms with Crippen molar-refractivity contribution in [1.29, 1.82) is 5.26 Å². The number of benzene rings is 2. The molecule has 2 rings (SSSR count). The summed E-state index contributed by atoms with van der Waals surface area (Å²) in [5, 5.41) is 9.63. The van der Waals surface area contributed by atoms with Crippen LogP contribution in [0.15, 0.2) is 53.0 Å². The Kier molecular flexibility index (Phi) is 4.36. The molecule has 19 heavy (non-hydrogen) atoms. The second kappa shape index (κ2) is 6.01. The highest BCUT2D eigenvalue weighted by Gasteiger charge is 2.23. The van der Waals surface area contributed by atoms with Gasteiger partial charge in [0, 0.05) is 10.0 Å². The van der Waals surface area contributed by atoms with E-state index >= 15 is 0 Å². The molecular formula is C15H9BrClNO. The van der Waals surface area contributed by atoms with Crippen molar-refractivity contribution >= 4 is 33.3 Å². The van der Waals surface area contributed by atoms with Crippen molar-refractivity contribution in [3.8, 4) is 6.07 Å². The molecule has 0 bridgehead atoms. The lowest BCUT2D eigenvalue weighted by atomic mass is 9.92. The van der Waals surface area contributed by atoms with Crippen LogP contribution in [0.2, 0.25) is 5.02 Å². The molecule has 0 saturated carbocycles. The Morgan fingerprint density at radius 1 is 1.21 bits per heavy atom. The lowest BCUT2D eigenvalue weighted by Gasteiger charge is -2.10. The van der Waals surface area contributed by atoms with E-state index in [1.165, 1.54) is 0 Å². The maximum absolute atomic E-state index is 12.4. The third-order valence-corrected chi connectivity index (χ3v) is 3.54. The molecule has 0 aliphatic carbocycles. The number of ketones is 1. The fourth-order valence-corrected chi connectivity index (χ4v) is 2.43.